The van der Waals surface area contributed by atoms with E-state index >= 15 is 0 Å². The van der Waals surface area contributed by atoms with E-state index in [0.717, 1.165) is 17.5 Å². The van der Waals surface area contributed by atoms with Crippen LogP contribution in [0.25, 0.3) is 0 Å². The van der Waals surface area contributed by atoms with Gasteiger partial charge in [0.2, 0.25) is 0 Å². The van der Waals surface area contributed by atoms with E-state index in [9.17, 15) is 4.79 Å². The largest absolute Gasteiger partial charge is 0.441 e. The molecule has 0 aromatic heterocycles. The van der Waals surface area contributed by atoms with Crippen LogP contribution in [0, 0.1) is 0 Å². The van der Waals surface area contributed by atoms with E-state index in [-0.39, 0.29) is 12.2 Å². The van der Waals surface area contributed by atoms with Gasteiger partial charge in [-0.2, -0.15) is 0 Å². The summed E-state index contributed by atoms with van der Waals surface area (Å²) < 4.78 is 5.21. The molecule has 80 valence electrons. The Labute approximate surface area is 88.4 Å². The van der Waals surface area contributed by atoms with Crippen LogP contribution in [0.1, 0.15) is 23.7 Å². The molecule has 0 radical (unpaired) electrons. The Morgan fingerprint density at radius 1 is 1.47 bits per heavy atom. The van der Waals surface area contributed by atoms with Crippen LogP contribution in [0.2, 0.25) is 0 Å². The maximum atomic E-state index is 11.1. The molecule has 15 heavy (non-hydrogen) atoms. The molecule has 1 heterocycles. The first-order valence-electron chi connectivity index (χ1n) is 5.03. The van der Waals surface area contributed by atoms with Crippen molar-refractivity contribution in [3.05, 3.63) is 35.4 Å². The summed E-state index contributed by atoms with van der Waals surface area (Å²) in [4.78, 5) is 11.1. The number of ether oxygens (including phenoxy) is 1. The van der Waals surface area contributed by atoms with E-state index in [0.29, 0.717) is 13.1 Å². The minimum Gasteiger partial charge on any atom is -0.441 e. The molecular weight excluding hydrogens is 192 g/mol. The Bertz CT molecular complexity index is 365. The van der Waals surface area contributed by atoms with Crippen molar-refractivity contribution in [2.75, 3.05) is 6.54 Å². The first-order chi connectivity index (χ1) is 7.31. The Morgan fingerprint density at radius 2 is 2.27 bits per heavy atom. The first kappa shape index (κ1) is 9.98. The van der Waals surface area contributed by atoms with Gasteiger partial charge < -0.3 is 15.8 Å². The number of carbonyl (C=O) groups is 1. The third-order valence-corrected chi connectivity index (χ3v) is 2.55. The van der Waals surface area contributed by atoms with Crippen molar-refractivity contribution >= 4 is 6.09 Å². The molecular formula is C11H14N2O2. The van der Waals surface area contributed by atoms with E-state index in [4.69, 9.17) is 10.5 Å². The standard InChI is InChI=1S/C11H14N2O2/c12-7-8-3-1-2-4-9(8)10-5-6-13-11(14)15-10/h1-4,10H,5-7,12H2,(H,13,14). The zero-order valence-corrected chi connectivity index (χ0v) is 8.40. The lowest BCUT2D eigenvalue weighted by Crippen LogP contribution is -2.34. The Morgan fingerprint density at radius 3 is 3.00 bits per heavy atom. The van der Waals surface area contributed by atoms with Gasteiger partial charge in [0, 0.05) is 19.5 Å². The van der Waals surface area contributed by atoms with Gasteiger partial charge in [0.05, 0.1) is 0 Å². The number of rotatable bonds is 2. The second-order valence-electron chi connectivity index (χ2n) is 3.51. The molecule has 1 saturated heterocycles. The average molecular weight is 206 g/mol. The van der Waals surface area contributed by atoms with Crippen LogP contribution in [-0.4, -0.2) is 12.6 Å². The summed E-state index contributed by atoms with van der Waals surface area (Å²) in [6.07, 6.45) is 0.291. The van der Waals surface area contributed by atoms with Gasteiger partial charge in [-0.15, -0.1) is 0 Å². The van der Waals surface area contributed by atoms with Crippen LogP contribution in [0.5, 0.6) is 0 Å². The highest BCUT2D eigenvalue weighted by molar-refractivity contribution is 5.68. The third kappa shape index (κ3) is 2.10. The van der Waals surface area contributed by atoms with Gasteiger partial charge in [-0.3, -0.25) is 0 Å². The van der Waals surface area contributed by atoms with Crippen molar-refractivity contribution < 1.29 is 9.53 Å². The molecule has 0 aliphatic carbocycles. The predicted octanol–water partition coefficient (Wildman–Crippen LogP) is 1.32. The minimum absolute atomic E-state index is 0.154. The topological polar surface area (TPSA) is 64.3 Å². The Kier molecular flexibility index (Phi) is 2.87. The number of hydrogen-bond donors (Lipinski definition) is 2. The highest BCUT2D eigenvalue weighted by Crippen LogP contribution is 2.26. The van der Waals surface area contributed by atoms with E-state index in [1.807, 2.05) is 24.3 Å². The summed E-state index contributed by atoms with van der Waals surface area (Å²) >= 11 is 0. The molecule has 2 rings (SSSR count). The van der Waals surface area contributed by atoms with Crippen molar-refractivity contribution in [1.82, 2.24) is 5.32 Å². The van der Waals surface area contributed by atoms with Gasteiger partial charge >= 0.3 is 6.09 Å². The lowest BCUT2D eigenvalue weighted by atomic mass is 9.99. The SMILES string of the molecule is NCc1ccccc1C1CCNC(=O)O1. The Balaban J connectivity index is 2.24. The highest BCUT2D eigenvalue weighted by atomic mass is 16.6. The van der Waals surface area contributed by atoms with Gasteiger partial charge in [0.15, 0.2) is 0 Å². The summed E-state index contributed by atoms with van der Waals surface area (Å²) in [7, 11) is 0. The summed E-state index contributed by atoms with van der Waals surface area (Å²) in [6.45, 7) is 1.13. The van der Waals surface area contributed by atoms with Crippen molar-refractivity contribution in [3.63, 3.8) is 0 Å². The quantitative estimate of drug-likeness (QED) is 0.767. The smallest absolute Gasteiger partial charge is 0.407 e. The fourth-order valence-corrected chi connectivity index (χ4v) is 1.79. The number of nitrogens with two attached hydrogens (primary N) is 1. The molecule has 4 nitrogen and oxygen atoms in total. The third-order valence-electron chi connectivity index (χ3n) is 2.55. The van der Waals surface area contributed by atoms with E-state index in [1.165, 1.54) is 0 Å². The van der Waals surface area contributed by atoms with E-state index in [2.05, 4.69) is 5.32 Å². The zero-order valence-electron chi connectivity index (χ0n) is 8.40. The maximum Gasteiger partial charge on any atom is 0.407 e. The van der Waals surface area contributed by atoms with Gasteiger partial charge in [-0.1, -0.05) is 24.3 Å². The molecule has 0 bridgehead atoms. The van der Waals surface area contributed by atoms with E-state index in [1.54, 1.807) is 0 Å². The molecule has 1 aliphatic rings. The number of amides is 1. The number of alkyl carbamates (subject to hydrolysis) is 1. The number of benzene rings is 1. The van der Waals surface area contributed by atoms with Crippen LogP contribution >= 0.6 is 0 Å². The van der Waals surface area contributed by atoms with Crippen molar-refractivity contribution in [1.29, 1.82) is 0 Å². The molecule has 0 saturated carbocycles. The van der Waals surface area contributed by atoms with Crippen molar-refractivity contribution in [2.24, 2.45) is 5.73 Å². The molecule has 1 fully saturated rings. The molecule has 1 aliphatic heterocycles. The molecule has 1 amide bonds. The lowest BCUT2D eigenvalue weighted by Gasteiger charge is -2.25. The fourth-order valence-electron chi connectivity index (χ4n) is 1.79. The molecule has 1 unspecified atom stereocenters. The summed E-state index contributed by atoms with van der Waals surface area (Å²) in [5, 5.41) is 2.63. The Hall–Kier alpha value is -1.55. The zero-order chi connectivity index (χ0) is 10.7. The molecule has 0 spiro atoms. The maximum absolute atomic E-state index is 11.1. The number of carbonyl (C=O) groups excluding carboxylic acids is 1. The predicted molar refractivity (Wildman–Crippen MR) is 56.2 cm³/mol. The normalized spacial score (nSPS) is 20.6. The molecule has 1 atom stereocenters. The monoisotopic (exact) mass is 206 g/mol. The lowest BCUT2D eigenvalue weighted by molar-refractivity contribution is 0.0734. The van der Waals surface area contributed by atoms with Gasteiger partial charge in [0.25, 0.3) is 0 Å². The summed E-state index contributed by atoms with van der Waals surface area (Å²) in [5.74, 6) is 0. The molecule has 3 N–H and O–H groups in total. The molecule has 1 aromatic rings. The summed E-state index contributed by atoms with van der Waals surface area (Å²) in [5.41, 5.74) is 7.70. The number of hydrogen-bond acceptors (Lipinski definition) is 3. The molecule has 4 heteroatoms. The van der Waals surface area contributed by atoms with Crippen molar-refractivity contribution in [2.45, 2.75) is 19.1 Å². The summed E-state index contributed by atoms with van der Waals surface area (Å²) in [6, 6.07) is 7.80. The minimum atomic E-state index is -0.349. The fraction of sp³-hybridized carbons (Fsp3) is 0.364. The first-order valence-corrected chi connectivity index (χ1v) is 5.03. The second-order valence-corrected chi connectivity index (χ2v) is 3.51. The average Bonchev–Trinajstić information content (AvgIpc) is 2.29. The van der Waals surface area contributed by atoms with Crippen LogP contribution in [0.15, 0.2) is 24.3 Å². The van der Waals surface area contributed by atoms with Gasteiger partial charge in [0.1, 0.15) is 6.10 Å². The van der Waals surface area contributed by atoms with Crippen LogP contribution in [0.4, 0.5) is 4.79 Å². The van der Waals surface area contributed by atoms with Crippen LogP contribution in [-0.2, 0) is 11.3 Å². The highest BCUT2D eigenvalue weighted by Gasteiger charge is 2.22. The number of cyclic esters (lactones) is 1. The molecule has 1 aromatic carbocycles. The van der Waals surface area contributed by atoms with Crippen LogP contribution < -0.4 is 11.1 Å². The van der Waals surface area contributed by atoms with Gasteiger partial charge in [-0.05, 0) is 11.1 Å². The number of nitrogens with one attached hydrogen (secondary N) is 1. The van der Waals surface area contributed by atoms with Crippen LogP contribution in [0.3, 0.4) is 0 Å². The van der Waals surface area contributed by atoms with Crippen molar-refractivity contribution in [3.8, 4) is 0 Å². The van der Waals surface area contributed by atoms with E-state index < -0.39 is 0 Å². The van der Waals surface area contributed by atoms with Gasteiger partial charge in [-0.25, -0.2) is 4.79 Å². The second kappa shape index (κ2) is 4.31.